The van der Waals surface area contributed by atoms with Gasteiger partial charge in [-0.1, -0.05) is 45.8 Å². The van der Waals surface area contributed by atoms with E-state index >= 15 is 0 Å². The number of hydrogen-bond acceptors (Lipinski definition) is 1. The lowest BCUT2D eigenvalue weighted by molar-refractivity contribution is 0.357. The topological polar surface area (TPSA) is 9.23 Å². The zero-order valence-corrected chi connectivity index (χ0v) is 13.8. The van der Waals surface area contributed by atoms with Crippen LogP contribution in [0.3, 0.4) is 0 Å². The lowest BCUT2D eigenvalue weighted by Crippen LogP contribution is -2.00. The van der Waals surface area contributed by atoms with Crippen LogP contribution in [0.25, 0.3) is 0 Å². The summed E-state index contributed by atoms with van der Waals surface area (Å²) in [5, 5.41) is 0. The normalized spacial score (nSPS) is 14.8. The predicted molar refractivity (Wildman–Crippen MR) is 87.1 cm³/mol. The lowest BCUT2D eigenvalue weighted by atomic mass is 9.93. The molecule has 104 valence electrons. The zero-order valence-electron chi connectivity index (χ0n) is 12.2. The van der Waals surface area contributed by atoms with Gasteiger partial charge in [-0.2, -0.15) is 0 Å². The molecule has 1 atom stereocenters. The van der Waals surface area contributed by atoms with Crippen molar-refractivity contribution in [3.05, 3.63) is 63.7 Å². The van der Waals surface area contributed by atoms with Gasteiger partial charge >= 0.3 is 0 Å². The first-order valence-electron chi connectivity index (χ1n) is 7.03. The molecule has 0 N–H and O–H groups in total. The third kappa shape index (κ3) is 2.37. The molecular weight excluding hydrogens is 312 g/mol. The summed E-state index contributed by atoms with van der Waals surface area (Å²) in [4.78, 5) is 0.244. The van der Waals surface area contributed by atoms with Crippen molar-refractivity contribution in [3.8, 4) is 5.75 Å². The van der Waals surface area contributed by atoms with Crippen LogP contribution in [0.1, 0.15) is 38.2 Å². The summed E-state index contributed by atoms with van der Waals surface area (Å²) >= 11 is 3.89. The minimum atomic E-state index is 0.244. The zero-order chi connectivity index (χ0) is 14.3. The number of alkyl halides is 1. The number of aryl methyl sites for hydroxylation is 3. The van der Waals surface area contributed by atoms with E-state index in [0.29, 0.717) is 0 Å². The van der Waals surface area contributed by atoms with E-state index in [4.69, 9.17) is 4.74 Å². The van der Waals surface area contributed by atoms with Crippen molar-refractivity contribution in [1.29, 1.82) is 0 Å². The summed E-state index contributed by atoms with van der Waals surface area (Å²) in [5.74, 6) is 1.05. The molecule has 0 amide bonds. The molecule has 0 aromatic heterocycles. The SMILES string of the molecule is Cc1cc(C)c(C(Br)c2ccc3c(c2)CCO3)c(C)c1. The Morgan fingerprint density at radius 3 is 2.45 bits per heavy atom. The number of hydrogen-bond donors (Lipinski definition) is 0. The Morgan fingerprint density at radius 1 is 1.05 bits per heavy atom. The average Bonchev–Trinajstić information content (AvgIpc) is 2.84. The molecule has 0 bridgehead atoms. The highest BCUT2D eigenvalue weighted by atomic mass is 79.9. The number of ether oxygens (including phenoxy) is 1. The summed E-state index contributed by atoms with van der Waals surface area (Å²) in [7, 11) is 0. The van der Waals surface area contributed by atoms with E-state index < -0.39 is 0 Å². The molecule has 1 unspecified atom stereocenters. The molecule has 0 spiro atoms. The van der Waals surface area contributed by atoms with Crippen molar-refractivity contribution in [2.24, 2.45) is 0 Å². The summed E-state index contributed by atoms with van der Waals surface area (Å²) < 4.78 is 5.59. The van der Waals surface area contributed by atoms with Crippen molar-refractivity contribution >= 4 is 15.9 Å². The molecule has 1 aliphatic rings. The predicted octanol–water partition coefficient (Wildman–Crippen LogP) is 5.03. The fraction of sp³-hybridized carbons (Fsp3) is 0.333. The smallest absolute Gasteiger partial charge is 0.122 e. The van der Waals surface area contributed by atoms with Crippen LogP contribution < -0.4 is 4.74 Å². The van der Waals surface area contributed by atoms with Crippen molar-refractivity contribution in [2.75, 3.05) is 6.61 Å². The molecule has 2 aromatic carbocycles. The highest BCUT2D eigenvalue weighted by Crippen LogP contribution is 2.38. The molecule has 0 saturated heterocycles. The summed E-state index contributed by atoms with van der Waals surface area (Å²) in [6.45, 7) is 7.36. The Morgan fingerprint density at radius 2 is 1.75 bits per heavy atom. The van der Waals surface area contributed by atoms with Gasteiger partial charge in [-0.25, -0.2) is 0 Å². The first-order chi connectivity index (χ1) is 9.56. The molecule has 1 heterocycles. The maximum absolute atomic E-state index is 5.59. The monoisotopic (exact) mass is 330 g/mol. The van der Waals surface area contributed by atoms with Gasteiger partial charge in [-0.15, -0.1) is 0 Å². The second-order valence-corrected chi connectivity index (χ2v) is 6.56. The van der Waals surface area contributed by atoms with Gasteiger partial charge in [-0.3, -0.25) is 0 Å². The van der Waals surface area contributed by atoms with E-state index in [0.717, 1.165) is 18.8 Å². The van der Waals surface area contributed by atoms with Gasteiger partial charge in [0.15, 0.2) is 0 Å². The minimum absolute atomic E-state index is 0.244. The van der Waals surface area contributed by atoms with E-state index in [1.165, 1.54) is 33.4 Å². The van der Waals surface area contributed by atoms with Crippen molar-refractivity contribution in [2.45, 2.75) is 32.0 Å². The maximum Gasteiger partial charge on any atom is 0.122 e. The Bertz CT molecular complexity index is 637. The highest BCUT2D eigenvalue weighted by molar-refractivity contribution is 9.09. The van der Waals surface area contributed by atoms with Gasteiger partial charge in [0.1, 0.15) is 5.75 Å². The van der Waals surface area contributed by atoms with Crippen LogP contribution >= 0.6 is 15.9 Å². The van der Waals surface area contributed by atoms with Crippen LogP contribution in [-0.2, 0) is 6.42 Å². The Kier molecular flexibility index (Phi) is 3.59. The van der Waals surface area contributed by atoms with Crippen molar-refractivity contribution in [1.82, 2.24) is 0 Å². The Balaban J connectivity index is 2.03. The molecule has 3 rings (SSSR count). The molecule has 0 saturated carbocycles. The molecule has 1 nitrogen and oxygen atoms in total. The summed E-state index contributed by atoms with van der Waals surface area (Å²) in [5.41, 5.74) is 8.04. The van der Waals surface area contributed by atoms with E-state index in [1.54, 1.807) is 0 Å². The highest BCUT2D eigenvalue weighted by Gasteiger charge is 2.19. The Hall–Kier alpha value is -1.28. The minimum Gasteiger partial charge on any atom is -0.493 e. The largest absolute Gasteiger partial charge is 0.493 e. The van der Waals surface area contributed by atoms with E-state index in [2.05, 4.69) is 67.0 Å². The quantitative estimate of drug-likeness (QED) is 0.701. The maximum atomic E-state index is 5.59. The van der Waals surface area contributed by atoms with Gasteiger partial charge in [0.05, 0.1) is 11.4 Å². The lowest BCUT2D eigenvalue weighted by Gasteiger charge is -2.18. The molecule has 0 radical (unpaired) electrons. The van der Waals surface area contributed by atoms with Crippen LogP contribution in [-0.4, -0.2) is 6.61 Å². The van der Waals surface area contributed by atoms with Gasteiger partial charge < -0.3 is 4.74 Å². The number of fused-ring (bicyclic) bond motifs is 1. The first-order valence-corrected chi connectivity index (χ1v) is 7.95. The molecule has 1 aliphatic heterocycles. The summed E-state index contributed by atoms with van der Waals surface area (Å²) in [6.07, 6.45) is 1.02. The van der Waals surface area contributed by atoms with Crippen LogP contribution in [0.4, 0.5) is 0 Å². The van der Waals surface area contributed by atoms with Crippen LogP contribution in [0, 0.1) is 20.8 Å². The van der Waals surface area contributed by atoms with Crippen LogP contribution in [0.15, 0.2) is 30.3 Å². The molecule has 20 heavy (non-hydrogen) atoms. The second kappa shape index (κ2) is 5.25. The number of benzene rings is 2. The van der Waals surface area contributed by atoms with Crippen LogP contribution in [0.5, 0.6) is 5.75 Å². The molecule has 0 fully saturated rings. The van der Waals surface area contributed by atoms with Gasteiger partial charge in [-0.05, 0) is 54.7 Å². The van der Waals surface area contributed by atoms with Crippen molar-refractivity contribution in [3.63, 3.8) is 0 Å². The standard InChI is InChI=1S/C18H19BrO/c1-11-8-12(2)17(13(3)9-11)18(19)15-4-5-16-14(10-15)6-7-20-16/h4-5,8-10,18H,6-7H2,1-3H3. The molecule has 2 aromatic rings. The van der Waals surface area contributed by atoms with Gasteiger partial charge in [0, 0.05) is 6.42 Å². The number of rotatable bonds is 2. The Labute approximate surface area is 129 Å². The van der Waals surface area contributed by atoms with Crippen molar-refractivity contribution < 1.29 is 4.74 Å². The average molecular weight is 331 g/mol. The van der Waals surface area contributed by atoms with E-state index in [1.807, 2.05) is 0 Å². The summed E-state index contributed by atoms with van der Waals surface area (Å²) in [6, 6.07) is 11.1. The number of halogens is 1. The third-order valence-electron chi connectivity index (χ3n) is 4.00. The van der Waals surface area contributed by atoms with Gasteiger partial charge in [0.2, 0.25) is 0 Å². The second-order valence-electron chi connectivity index (χ2n) is 5.64. The third-order valence-corrected chi connectivity index (χ3v) is 4.98. The van der Waals surface area contributed by atoms with Crippen LogP contribution in [0.2, 0.25) is 0 Å². The van der Waals surface area contributed by atoms with E-state index in [-0.39, 0.29) is 4.83 Å². The van der Waals surface area contributed by atoms with Gasteiger partial charge in [0.25, 0.3) is 0 Å². The molecule has 2 heteroatoms. The molecular formula is C18H19BrO. The molecule has 0 aliphatic carbocycles. The van der Waals surface area contributed by atoms with E-state index in [9.17, 15) is 0 Å². The fourth-order valence-corrected chi connectivity index (χ4v) is 4.13. The fourth-order valence-electron chi connectivity index (χ4n) is 3.12. The first kappa shape index (κ1) is 13.7.